The highest BCUT2D eigenvalue weighted by atomic mass is 16.6. The van der Waals surface area contributed by atoms with Gasteiger partial charge in [0.25, 0.3) is 11.8 Å². The van der Waals surface area contributed by atoms with Gasteiger partial charge in [0, 0.05) is 17.8 Å². The van der Waals surface area contributed by atoms with Crippen LogP contribution < -0.4 is 4.74 Å². The lowest BCUT2D eigenvalue weighted by atomic mass is 10.0. The first-order valence-electron chi connectivity index (χ1n) is 14.8. The van der Waals surface area contributed by atoms with E-state index < -0.39 is 11.6 Å². The molecule has 1 heterocycles. The first kappa shape index (κ1) is 31.0. The number of carbonyl (C=O) groups excluding carboxylic acids is 3. The van der Waals surface area contributed by atoms with Crippen molar-refractivity contribution in [1.82, 2.24) is 4.90 Å². The number of ether oxygens (including phenoxy) is 2. The zero-order chi connectivity index (χ0) is 31.8. The molecular weight excluding hydrogens is 562 g/mol. The molecule has 0 unspecified atom stereocenters. The monoisotopic (exact) mass is 597 g/mol. The Hall–Kier alpha value is -5.49. The van der Waals surface area contributed by atoms with Gasteiger partial charge < -0.3 is 9.47 Å². The van der Waals surface area contributed by atoms with Crippen LogP contribution >= 0.6 is 0 Å². The van der Waals surface area contributed by atoms with Gasteiger partial charge in [-0.3, -0.25) is 9.59 Å². The van der Waals surface area contributed by atoms with Crippen LogP contribution in [0, 0.1) is 0 Å². The number of para-hydroxylation sites is 1. The molecule has 0 saturated heterocycles. The Balaban J connectivity index is 1.36. The van der Waals surface area contributed by atoms with Gasteiger partial charge in [-0.1, -0.05) is 84.9 Å². The van der Waals surface area contributed by atoms with Crippen LogP contribution in [0.5, 0.6) is 5.75 Å². The van der Waals surface area contributed by atoms with E-state index >= 15 is 0 Å². The summed E-state index contributed by atoms with van der Waals surface area (Å²) < 4.78 is 11.5. The molecule has 0 aromatic heterocycles. The van der Waals surface area contributed by atoms with E-state index in [1.54, 1.807) is 36.4 Å². The first-order valence-corrected chi connectivity index (χ1v) is 14.8. The summed E-state index contributed by atoms with van der Waals surface area (Å²) in [4.78, 5) is 39.2. The van der Waals surface area contributed by atoms with Crippen molar-refractivity contribution in [3.63, 3.8) is 0 Å². The molecule has 45 heavy (non-hydrogen) atoms. The van der Waals surface area contributed by atoms with Crippen LogP contribution in [0.15, 0.2) is 115 Å². The standard InChI is InChI=1S/C39H35NO5/c1-39(2,3)45-36(41)21-20-30-24-29(14-11-16-32-15-7-10-19-35(32)44-27-28-12-5-4-6-13-28)25-31(26-30)22-23-40-37(42)33-17-8-9-18-34(33)38(40)43/h4-13,15-26H,14,27H2,1-3H3/b16-11+,21-20+,23-22+. The van der Waals surface area contributed by atoms with E-state index in [0.717, 1.165) is 38.5 Å². The number of esters is 1. The van der Waals surface area contributed by atoms with Gasteiger partial charge in [0.2, 0.25) is 0 Å². The topological polar surface area (TPSA) is 72.9 Å². The molecule has 1 aliphatic heterocycles. The average Bonchev–Trinajstić information content (AvgIpc) is 3.27. The number of imide groups is 1. The fourth-order valence-electron chi connectivity index (χ4n) is 4.87. The molecule has 4 aromatic rings. The van der Waals surface area contributed by atoms with Crippen molar-refractivity contribution in [2.45, 2.75) is 39.4 Å². The van der Waals surface area contributed by atoms with Crippen LogP contribution in [0.3, 0.4) is 0 Å². The number of hydrogen-bond donors (Lipinski definition) is 0. The Bertz CT molecular complexity index is 1760. The highest BCUT2D eigenvalue weighted by Gasteiger charge is 2.33. The molecule has 0 spiro atoms. The largest absolute Gasteiger partial charge is 0.488 e. The van der Waals surface area contributed by atoms with Gasteiger partial charge in [-0.15, -0.1) is 0 Å². The number of allylic oxidation sites excluding steroid dienone is 1. The van der Waals surface area contributed by atoms with Crippen molar-refractivity contribution in [2.75, 3.05) is 0 Å². The number of benzene rings is 4. The number of nitrogens with zero attached hydrogens (tertiary/aromatic N) is 1. The second-order valence-electron chi connectivity index (χ2n) is 11.6. The molecule has 2 amide bonds. The molecule has 4 aromatic carbocycles. The molecule has 0 bridgehead atoms. The minimum absolute atomic E-state index is 0.357. The number of amides is 2. The molecule has 0 aliphatic carbocycles. The van der Waals surface area contributed by atoms with Crippen molar-refractivity contribution in [2.24, 2.45) is 0 Å². The predicted molar refractivity (Wildman–Crippen MR) is 177 cm³/mol. The zero-order valence-corrected chi connectivity index (χ0v) is 25.6. The Morgan fingerprint density at radius 3 is 2.04 bits per heavy atom. The minimum Gasteiger partial charge on any atom is -0.488 e. The van der Waals surface area contributed by atoms with E-state index in [1.165, 1.54) is 12.3 Å². The summed E-state index contributed by atoms with van der Waals surface area (Å²) in [5, 5.41) is 0. The van der Waals surface area contributed by atoms with Crippen molar-refractivity contribution >= 4 is 36.0 Å². The van der Waals surface area contributed by atoms with E-state index in [9.17, 15) is 14.4 Å². The quantitative estimate of drug-likeness (QED) is 0.105. The maximum absolute atomic E-state index is 12.9. The van der Waals surface area contributed by atoms with Crippen LogP contribution in [-0.4, -0.2) is 28.3 Å². The highest BCUT2D eigenvalue weighted by Crippen LogP contribution is 2.25. The Morgan fingerprint density at radius 1 is 0.733 bits per heavy atom. The normalized spacial score (nSPS) is 13.3. The number of rotatable bonds is 10. The molecule has 6 heteroatoms. The highest BCUT2D eigenvalue weighted by molar-refractivity contribution is 6.22. The maximum atomic E-state index is 12.9. The molecular formula is C39H35NO5. The van der Waals surface area contributed by atoms with Gasteiger partial charge in [0.05, 0.1) is 11.1 Å². The summed E-state index contributed by atoms with van der Waals surface area (Å²) in [7, 11) is 0. The van der Waals surface area contributed by atoms with E-state index in [1.807, 2.05) is 99.6 Å². The molecule has 0 atom stereocenters. The third-order valence-corrected chi connectivity index (χ3v) is 6.90. The fourth-order valence-corrected chi connectivity index (χ4v) is 4.87. The van der Waals surface area contributed by atoms with Crippen LogP contribution in [-0.2, 0) is 22.6 Å². The van der Waals surface area contributed by atoms with Gasteiger partial charge in [0.15, 0.2) is 0 Å². The summed E-state index contributed by atoms with van der Waals surface area (Å²) in [5.74, 6) is -0.368. The average molecular weight is 598 g/mol. The third-order valence-electron chi connectivity index (χ3n) is 6.90. The SMILES string of the molecule is CC(C)(C)OC(=O)/C=C/c1cc(/C=C/N2C(=O)c3ccccc3C2=O)cc(C/C=C/c2ccccc2OCc2ccccc2)c1. The third kappa shape index (κ3) is 8.33. The summed E-state index contributed by atoms with van der Waals surface area (Å²) in [6.07, 6.45) is 11.0. The number of hydrogen-bond acceptors (Lipinski definition) is 5. The van der Waals surface area contributed by atoms with Crippen LogP contribution in [0.2, 0.25) is 0 Å². The van der Waals surface area contributed by atoms with E-state index in [0.29, 0.717) is 24.2 Å². The summed E-state index contributed by atoms with van der Waals surface area (Å²) in [6, 6.07) is 30.6. The lowest BCUT2D eigenvalue weighted by Crippen LogP contribution is -2.23. The van der Waals surface area contributed by atoms with Gasteiger partial charge in [-0.2, -0.15) is 0 Å². The van der Waals surface area contributed by atoms with Crippen molar-refractivity contribution in [3.8, 4) is 5.75 Å². The molecule has 5 rings (SSSR count). The van der Waals surface area contributed by atoms with E-state index in [4.69, 9.17) is 9.47 Å². The van der Waals surface area contributed by atoms with E-state index in [2.05, 4.69) is 6.08 Å². The molecule has 0 radical (unpaired) electrons. The molecule has 226 valence electrons. The molecule has 1 aliphatic rings. The summed E-state index contributed by atoms with van der Waals surface area (Å²) in [5.41, 5.74) is 4.75. The summed E-state index contributed by atoms with van der Waals surface area (Å²) >= 11 is 0. The van der Waals surface area contributed by atoms with Gasteiger partial charge in [-0.05, 0) is 85.9 Å². The van der Waals surface area contributed by atoms with Crippen molar-refractivity contribution < 1.29 is 23.9 Å². The molecule has 6 nitrogen and oxygen atoms in total. The fraction of sp³-hybridized carbons (Fsp3) is 0.154. The summed E-state index contributed by atoms with van der Waals surface area (Å²) in [6.45, 7) is 5.93. The number of fused-ring (bicyclic) bond motifs is 1. The van der Waals surface area contributed by atoms with Crippen molar-refractivity contribution in [3.05, 3.63) is 154 Å². The number of carbonyl (C=O) groups is 3. The van der Waals surface area contributed by atoms with E-state index in [-0.39, 0.29) is 11.8 Å². The Morgan fingerprint density at radius 2 is 1.36 bits per heavy atom. The smallest absolute Gasteiger partial charge is 0.331 e. The van der Waals surface area contributed by atoms with Crippen LogP contribution in [0.25, 0.3) is 18.2 Å². The first-order chi connectivity index (χ1) is 21.7. The van der Waals surface area contributed by atoms with Gasteiger partial charge in [0.1, 0.15) is 18.0 Å². The Kier molecular flexibility index (Phi) is 9.54. The Labute approximate surface area is 263 Å². The lowest BCUT2D eigenvalue weighted by molar-refractivity contribution is -0.148. The predicted octanol–water partition coefficient (Wildman–Crippen LogP) is 8.14. The maximum Gasteiger partial charge on any atom is 0.331 e. The van der Waals surface area contributed by atoms with Crippen molar-refractivity contribution in [1.29, 1.82) is 0 Å². The second-order valence-corrected chi connectivity index (χ2v) is 11.6. The zero-order valence-electron chi connectivity index (χ0n) is 25.6. The molecule has 0 saturated carbocycles. The molecule has 0 N–H and O–H groups in total. The van der Waals surface area contributed by atoms with Gasteiger partial charge >= 0.3 is 5.97 Å². The minimum atomic E-state index is -0.602. The molecule has 0 fully saturated rings. The second kappa shape index (κ2) is 13.9. The van der Waals surface area contributed by atoms with Gasteiger partial charge in [-0.25, -0.2) is 9.69 Å². The lowest BCUT2D eigenvalue weighted by Gasteiger charge is -2.17. The van der Waals surface area contributed by atoms with Crippen LogP contribution in [0.1, 0.15) is 69.3 Å². The van der Waals surface area contributed by atoms with Crippen LogP contribution in [0.4, 0.5) is 0 Å².